The van der Waals surface area contributed by atoms with Crippen molar-refractivity contribution in [2.75, 3.05) is 7.11 Å². The fourth-order valence-electron chi connectivity index (χ4n) is 4.66. The second-order valence-corrected chi connectivity index (χ2v) is 11.0. The van der Waals surface area contributed by atoms with Crippen molar-refractivity contribution in [2.24, 2.45) is 10.9 Å². The standard InChI is InChI=1S/C30H34N2O3S/c1-4-20-9-13-24-27(16-20)36-30(28(24)29(33)32-23-11-12-23)31-17-22-10-14-25(34-3)26(15-22)35-18-21-7-5-19(2)6-8-21/h5-8,10,14-15,17,20,23H,4,9,11-13,16,18H2,1-3H3,(H,32,33). The maximum atomic E-state index is 13.2. The highest BCUT2D eigenvalue weighted by Crippen LogP contribution is 2.42. The predicted molar refractivity (Wildman–Crippen MR) is 146 cm³/mol. The number of aliphatic imine (C=N–C) groups is 1. The number of aryl methyl sites for hydroxylation is 1. The van der Waals surface area contributed by atoms with Gasteiger partial charge in [-0.05, 0) is 79.8 Å². The molecule has 5 rings (SSSR count). The number of hydrogen-bond donors (Lipinski definition) is 1. The average molecular weight is 503 g/mol. The van der Waals surface area contributed by atoms with Crippen molar-refractivity contribution in [3.05, 3.63) is 75.2 Å². The second-order valence-electron chi connectivity index (χ2n) is 9.89. The molecule has 0 bridgehead atoms. The number of benzene rings is 2. The van der Waals surface area contributed by atoms with Gasteiger partial charge in [0.2, 0.25) is 0 Å². The number of nitrogens with one attached hydrogen (secondary N) is 1. The van der Waals surface area contributed by atoms with Gasteiger partial charge in [-0.25, -0.2) is 4.99 Å². The minimum Gasteiger partial charge on any atom is -0.493 e. The van der Waals surface area contributed by atoms with E-state index in [2.05, 4.69) is 43.4 Å². The quantitative estimate of drug-likeness (QED) is 0.327. The van der Waals surface area contributed by atoms with Crippen LogP contribution in [-0.4, -0.2) is 25.3 Å². The molecule has 3 aromatic rings. The number of carbonyl (C=O) groups is 1. The summed E-state index contributed by atoms with van der Waals surface area (Å²) in [4.78, 5) is 19.3. The van der Waals surface area contributed by atoms with Gasteiger partial charge in [-0.3, -0.25) is 4.79 Å². The van der Waals surface area contributed by atoms with Crippen LogP contribution in [0, 0.1) is 12.8 Å². The van der Waals surface area contributed by atoms with Gasteiger partial charge < -0.3 is 14.8 Å². The monoisotopic (exact) mass is 502 g/mol. The first-order chi connectivity index (χ1) is 17.5. The van der Waals surface area contributed by atoms with Crippen LogP contribution in [0.15, 0.2) is 47.5 Å². The molecule has 1 atom stereocenters. The summed E-state index contributed by atoms with van der Waals surface area (Å²) < 4.78 is 11.6. The first-order valence-corrected chi connectivity index (χ1v) is 13.7. The Bertz CT molecular complexity index is 1260. The predicted octanol–water partition coefficient (Wildman–Crippen LogP) is 6.80. The van der Waals surface area contributed by atoms with Gasteiger partial charge in [0.1, 0.15) is 11.6 Å². The molecule has 1 amide bonds. The molecule has 1 unspecified atom stereocenters. The molecule has 6 heteroatoms. The molecule has 0 radical (unpaired) electrons. The SMILES string of the molecule is CCC1CCc2c(sc(N=Cc3ccc(OC)c(OCc4ccc(C)cc4)c3)c2C(=O)NC2CC2)C1. The number of thiophene rings is 1. The average Bonchev–Trinajstić information content (AvgIpc) is 3.63. The van der Waals surface area contributed by atoms with Crippen molar-refractivity contribution in [2.45, 2.75) is 65.0 Å². The summed E-state index contributed by atoms with van der Waals surface area (Å²) in [6, 6.07) is 14.4. The molecule has 2 aliphatic carbocycles. The highest BCUT2D eigenvalue weighted by molar-refractivity contribution is 7.16. The molecule has 0 aliphatic heterocycles. The lowest BCUT2D eigenvalue weighted by molar-refractivity contribution is 0.0951. The normalized spacial score (nSPS) is 17.1. The maximum absolute atomic E-state index is 13.2. The molecular formula is C30H34N2O3S. The van der Waals surface area contributed by atoms with Crippen LogP contribution >= 0.6 is 11.3 Å². The van der Waals surface area contributed by atoms with Crippen LogP contribution in [0.2, 0.25) is 0 Å². The number of fused-ring (bicyclic) bond motifs is 1. The van der Waals surface area contributed by atoms with Crippen molar-refractivity contribution >= 4 is 28.5 Å². The molecule has 2 aliphatic rings. The van der Waals surface area contributed by atoms with E-state index in [0.717, 1.165) is 53.8 Å². The van der Waals surface area contributed by atoms with Crippen LogP contribution in [0.5, 0.6) is 11.5 Å². The lowest BCUT2D eigenvalue weighted by atomic mass is 9.85. The number of carbonyl (C=O) groups excluding carboxylic acids is 1. The van der Waals surface area contributed by atoms with Crippen molar-refractivity contribution in [3.63, 3.8) is 0 Å². The topological polar surface area (TPSA) is 59.9 Å². The number of ether oxygens (including phenoxy) is 2. The Morgan fingerprint density at radius 3 is 2.67 bits per heavy atom. The van der Waals surface area contributed by atoms with Gasteiger partial charge in [-0.1, -0.05) is 43.2 Å². The highest BCUT2D eigenvalue weighted by Gasteiger charge is 2.31. The molecule has 5 nitrogen and oxygen atoms in total. The number of amides is 1. The molecule has 1 heterocycles. The molecular weight excluding hydrogens is 468 g/mol. The van der Waals surface area contributed by atoms with Crippen LogP contribution in [0.4, 0.5) is 5.00 Å². The van der Waals surface area contributed by atoms with Gasteiger partial charge in [0.25, 0.3) is 5.91 Å². The van der Waals surface area contributed by atoms with Crippen molar-refractivity contribution in [1.82, 2.24) is 5.32 Å². The van der Waals surface area contributed by atoms with Gasteiger partial charge in [0, 0.05) is 17.1 Å². The number of nitrogens with zero attached hydrogens (tertiary/aromatic N) is 1. The zero-order valence-corrected chi connectivity index (χ0v) is 22.1. The first kappa shape index (κ1) is 24.6. The van der Waals surface area contributed by atoms with Crippen LogP contribution in [0.3, 0.4) is 0 Å². The fourth-order valence-corrected chi connectivity index (χ4v) is 5.97. The molecule has 2 aromatic carbocycles. The maximum Gasteiger partial charge on any atom is 0.254 e. The third-order valence-electron chi connectivity index (χ3n) is 7.10. The fraction of sp³-hybridized carbons (Fsp3) is 0.400. The minimum absolute atomic E-state index is 0.0361. The van der Waals surface area contributed by atoms with E-state index < -0.39 is 0 Å². The third-order valence-corrected chi connectivity index (χ3v) is 8.26. The Hall–Kier alpha value is -3.12. The van der Waals surface area contributed by atoms with Gasteiger partial charge in [-0.2, -0.15) is 0 Å². The van der Waals surface area contributed by atoms with Crippen LogP contribution < -0.4 is 14.8 Å². The van der Waals surface area contributed by atoms with Gasteiger partial charge in [0.05, 0.1) is 12.7 Å². The summed E-state index contributed by atoms with van der Waals surface area (Å²) in [6.45, 7) is 4.79. The Morgan fingerprint density at radius 1 is 1.14 bits per heavy atom. The third kappa shape index (κ3) is 5.65. The second kappa shape index (κ2) is 10.9. The Labute approximate surface area is 217 Å². The molecule has 188 valence electrons. The molecule has 1 N–H and O–H groups in total. The smallest absolute Gasteiger partial charge is 0.254 e. The largest absolute Gasteiger partial charge is 0.493 e. The summed E-state index contributed by atoms with van der Waals surface area (Å²) in [5.41, 5.74) is 5.23. The van der Waals surface area contributed by atoms with Gasteiger partial charge in [-0.15, -0.1) is 11.3 Å². The zero-order valence-electron chi connectivity index (χ0n) is 21.3. The Kier molecular flexibility index (Phi) is 7.42. The van der Waals surface area contributed by atoms with Crippen LogP contribution in [0.1, 0.15) is 70.1 Å². The molecule has 0 saturated heterocycles. The van der Waals surface area contributed by atoms with E-state index in [9.17, 15) is 4.79 Å². The van der Waals surface area contributed by atoms with E-state index in [4.69, 9.17) is 14.5 Å². The Balaban J connectivity index is 1.39. The zero-order chi connectivity index (χ0) is 25.1. The lowest BCUT2D eigenvalue weighted by Gasteiger charge is -2.21. The van der Waals surface area contributed by atoms with Crippen molar-refractivity contribution < 1.29 is 14.3 Å². The molecule has 0 spiro atoms. The van der Waals surface area contributed by atoms with Gasteiger partial charge >= 0.3 is 0 Å². The number of rotatable bonds is 9. The first-order valence-electron chi connectivity index (χ1n) is 12.9. The van der Waals surface area contributed by atoms with E-state index in [-0.39, 0.29) is 5.91 Å². The molecule has 36 heavy (non-hydrogen) atoms. The molecule has 1 aromatic heterocycles. The summed E-state index contributed by atoms with van der Waals surface area (Å²) >= 11 is 1.68. The van der Waals surface area contributed by atoms with Crippen LogP contribution in [-0.2, 0) is 19.4 Å². The summed E-state index contributed by atoms with van der Waals surface area (Å²) in [5, 5.41) is 4.00. The summed E-state index contributed by atoms with van der Waals surface area (Å²) in [5.74, 6) is 2.09. The van der Waals surface area contributed by atoms with Crippen molar-refractivity contribution in [3.8, 4) is 11.5 Å². The summed E-state index contributed by atoms with van der Waals surface area (Å²) in [6.07, 6.45) is 8.32. The Morgan fingerprint density at radius 2 is 1.94 bits per heavy atom. The van der Waals surface area contributed by atoms with E-state index in [1.807, 2.05) is 24.4 Å². The van der Waals surface area contributed by atoms with Gasteiger partial charge in [0.15, 0.2) is 11.5 Å². The van der Waals surface area contributed by atoms with Crippen LogP contribution in [0.25, 0.3) is 0 Å². The lowest BCUT2D eigenvalue weighted by Crippen LogP contribution is -2.26. The minimum atomic E-state index is 0.0361. The molecule has 1 fully saturated rings. The van der Waals surface area contributed by atoms with Crippen molar-refractivity contribution in [1.29, 1.82) is 0 Å². The summed E-state index contributed by atoms with van der Waals surface area (Å²) in [7, 11) is 1.65. The van der Waals surface area contributed by atoms with E-state index >= 15 is 0 Å². The number of methoxy groups -OCH3 is 1. The highest BCUT2D eigenvalue weighted by atomic mass is 32.1. The van der Waals surface area contributed by atoms with E-state index in [0.29, 0.717) is 30.1 Å². The van der Waals surface area contributed by atoms with E-state index in [1.165, 1.54) is 22.4 Å². The number of hydrogen-bond acceptors (Lipinski definition) is 5. The van der Waals surface area contributed by atoms with E-state index in [1.54, 1.807) is 18.4 Å². The molecule has 1 saturated carbocycles.